The van der Waals surface area contributed by atoms with E-state index >= 15 is 0 Å². The SMILES string of the molecule is Cn1c(C(F)F)nn(CCS(=O)(=O)Cl)c1=O. The number of halogens is 3. The minimum absolute atomic E-state index is 0.356. The van der Waals surface area contributed by atoms with Crippen LogP contribution in [0.4, 0.5) is 8.78 Å². The van der Waals surface area contributed by atoms with E-state index in [1.54, 1.807) is 0 Å². The number of hydrogen-bond acceptors (Lipinski definition) is 4. The van der Waals surface area contributed by atoms with Gasteiger partial charge in [0.2, 0.25) is 14.9 Å². The van der Waals surface area contributed by atoms with Crippen LogP contribution >= 0.6 is 10.7 Å². The van der Waals surface area contributed by atoms with Crippen molar-refractivity contribution >= 4 is 19.7 Å². The summed E-state index contributed by atoms with van der Waals surface area (Å²) in [4.78, 5) is 11.3. The van der Waals surface area contributed by atoms with E-state index in [0.717, 1.165) is 7.05 Å². The molecule has 0 saturated carbocycles. The molecule has 10 heteroatoms. The Hall–Kier alpha value is -0.960. The number of nitrogens with zero attached hydrogens (tertiary/aromatic N) is 3. The van der Waals surface area contributed by atoms with Gasteiger partial charge in [-0.2, -0.15) is 0 Å². The standard InChI is InChI=1S/C6H8ClF2N3O3S/c1-11-5(4(8)9)10-12(6(11)13)2-3-16(7,14)15/h4H,2-3H2,1H3. The van der Waals surface area contributed by atoms with Gasteiger partial charge in [-0.1, -0.05) is 0 Å². The van der Waals surface area contributed by atoms with Gasteiger partial charge in [0.15, 0.2) is 0 Å². The van der Waals surface area contributed by atoms with Gasteiger partial charge in [0, 0.05) is 17.7 Å². The average Bonchev–Trinajstić information content (AvgIpc) is 2.40. The zero-order valence-corrected chi connectivity index (χ0v) is 9.67. The normalized spacial score (nSPS) is 12.3. The van der Waals surface area contributed by atoms with Gasteiger partial charge in [0.25, 0.3) is 6.43 Å². The second-order valence-electron chi connectivity index (χ2n) is 2.97. The molecule has 1 rings (SSSR count). The Labute approximate surface area is 93.9 Å². The lowest BCUT2D eigenvalue weighted by molar-refractivity contribution is 0.135. The van der Waals surface area contributed by atoms with Crippen LogP contribution < -0.4 is 5.69 Å². The fourth-order valence-electron chi connectivity index (χ4n) is 1.04. The maximum absolute atomic E-state index is 12.3. The second kappa shape index (κ2) is 4.50. The topological polar surface area (TPSA) is 74.0 Å². The Bertz CT molecular complexity index is 536. The first-order valence-electron chi connectivity index (χ1n) is 4.06. The molecule has 0 bridgehead atoms. The summed E-state index contributed by atoms with van der Waals surface area (Å²) in [5, 5.41) is 3.31. The van der Waals surface area contributed by atoms with Gasteiger partial charge in [-0.05, 0) is 0 Å². The predicted octanol–water partition coefficient (Wildman–Crippen LogP) is 0.0880. The highest BCUT2D eigenvalue weighted by Crippen LogP contribution is 2.13. The molecule has 1 aromatic rings. The number of alkyl halides is 2. The minimum Gasteiger partial charge on any atom is -0.277 e. The average molecular weight is 276 g/mol. The van der Waals surface area contributed by atoms with Gasteiger partial charge < -0.3 is 0 Å². The van der Waals surface area contributed by atoms with Crippen molar-refractivity contribution in [2.45, 2.75) is 13.0 Å². The third kappa shape index (κ3) is 3.01. The Morgan fingerprint density at radius 2 is 2.06 bits per heavy atom. The van der Waals surface area contributed by atoms with Crippen LogP contribution in [0.15, 0.2) is 4.79 Å². The summed E-state index contributed by atoms with van der Waals surface area (Å²) in [6.07, 6.45) is -2.90. The molecule has 1 aromatic heterocycles. The Morgan fingerprint density at radius 3 is 2.44 bits per heavy atom. The largest absolute Gasteiger partial charge is 0.345 e. The van der Waals surface area contributed by atoms with Gasteiger partial charge in [-0.3, -0.25) is 4.57 Å². The van der Waals surface area contributed by atoms with Crippen molar-refractivity contribution in [2.75, 3.05) is 5.75 Å². The fraction of sp³-hybridized carbons (Fsp3) is 0.667. The summed E-state index contributed by atoms with van der Waals surface area (Å²) < 4.78 is 47.1. The zero-order chi connectivity index (χ0) is 12.5. The van der Waals surface area contributed by atoms with Crippen LogP contribution in [0.3, 0.4) is 0 Å². The number of aromatic nitrogens is 3. The van der Waals surface area contributed by atoms with Gasteiger partial charge in [0.1, 0.15) is 0 Å². The fourth-order valence-corrected chi connectivity index (χ4v) is 1.63. The summed E-state index contributed by atoms with van der Waals surface area (Å²) in [5.74, 6) is -1.26. The molecule has 0 unspecified atom stereocenters. The molecule has 92 valence electrons. The van der Waals surface area contributed by atoms with Crippen molar-refractivity contribution in [3.05, 3.63) is 16.3 Å². The Morgan fingerprint density at radius 1 is 1.50 bits per heavy atom. The van der Waals surface area contributed by atoms with Crippen LogP contribution in [0.25, 0.3) is 0 Å². The molecule has 16 heavy (non-hydrogen) atoms. The second-order valence-corrected chi connectivity index (χ2v) is 5.86. The number of aryl methyl sites for hydroxylation is 1. The molecule has 0 aromatic carbocycles. The number of hydrogen-bond donors (Lipinski definition) is 0. The van der Waals surface area contributed by atoms with Crippen molar-refractivity contribution in [3.63, 3.8) is 0 Å². The minimum atomic E-state index is -3.79. The van der Waals surface area contributed by atoms with Gasteiger partial charge in [-0.25, -0.2) is 26.7 Å². The lowest BCUT2D eigenvalue weighted by atomic mass is 10.6. The summed E-state index contributed by atoms with van der Waals surface area (Å²) in [6, 6.07) is 0. The lowest BCUT2D eigenvalue weighted by Gasteiger charge is -1.95. The molecule has 6 nitrogen and oxygen atoms in total. The van der Waals surface area contributed by atoms with Gasteiger partial charge in [-0.15, -0.1) is 5.10 Å². The molecule has 0 saturated heterocycles. The van der Waals surface area contributed by atoms with Crippen LogP contribution in [0, 0.1) is 0 Å². The highest BCUT2D eigenvalue weighted by atomic mass is 35.7. The van der Waals surface area contributed by atoms with Gasteiger partial charge >= 0.3 is 5.69 Å². The lowest BCUT2D eigenvalue weighted by Crippen LogP contribution is -2.25. The van der Waals surface area contributed by atoms with E-state index in [0.29, 0.717) is 9.25 Å². The van der Waals surface area contributed by atoms with E-state index < -0.39 is 32.7 Å². The van der Waals surface area contributed by atoms with Gasteiger partial charge in [0.05, 0.1) is 12.3 Å². The van der Waals surface area contributed by atoms with Crippen LogP contribution in [0.1, 0.15) is 12.2 Å². The van der Waals surface area contributed by atoms with Crippen LogP contribution in [-0.4, -0.2) is 28.5 Å². The highest BCUT2D eigenvalue weighted by molar-refractivity contribution is 8.13. The quantitative estimate of drug-likeness (QED) is 0.730. The molecule has 0 spiro atoms. The molecule has 0 N–H and O–H groups in total. The molecular weight excluding hydrogens is 268 g/mol. The van der Waals surface area contributed by atoms with Crippen LogP contribution in [0.2, 0.25) is 0 Å². The maximum atomic E-state index is 12.3. The third-order valence-corrected chi connectivity index (χ3v) is 2.95. The molecule has 0 radical (unpaired) electrons. The predicted molar refractivity (Wildman–Crippen MR) is 52.1 cm³/mol. The van der Waals surface area contributed by atoms with Crippen molar-refractivity contribution in [1.29, 1.82) is 0 Å². The molecule has 0 fully saturated rings. The Kier molecular flexibility index (Phi) is 3.68. The highest BCUT2D eigenvalue weighted by Gasteiger charge is 2.19. The van der Waals surface area contributed by atoms with Crippen molar-refractivity contribution in [2.24, 2.45) is 7.05 Å². The molecule has 0 amide bonds. The summed E-state index contributed by atoms with van der Waals surface area (Å²) in [7, 11) is 2.26. The summed E-state index contributed by atoms with van der Waals surface area (Å²) in [5.41, 5.74) is -0.810. The first-order valence-corrected chi connectivity index (χ1v) is 6.54. The zero-order valence-electron chi connectivity index (χ0n) is 8.10. The van der Waals surface area contributed by atoms with Crippen molar-refractivity contribution in [1.82, 2.24) is 14.3 Å². The van der Waals surface area contributed by atoms with Crippen molar-refractivity contribution in [3.8, 4) is 0 Å². The third-order valence-electron chi connectivity index (χ3n) is 1.82. The van der Waals surface area contributed by atoms with Crippen molar-refractivity contribution < 1.29 is 17.2 Å². The molecule has 0 aliphatic heterocycles. The van der Waals surface area contributed by atoms with E-state index in [2.05, 4.69) is 5.10 Å². The molecular formula is C6H8ClF2N3O3S. The van der Waals surface area contributed by atoms with Crippen LogP contribution in [0.5, 0.6) is 0 Å². The number of rotatable bonds is 4. The molecule has 0 aliphatic rings. The van der Waals surface area contributed by atoms with E-state index in [1.165, 1.54) is 0 Å². The van der Waals surface area contributed by atoms with E-state index in [9.17, 15) is 22.0 Å². The summed E-state index contributed by atoms with van der Waals surface area (Å²) >= 11 is 0. The molecule has 0 aliphatic carbocycles. The Balaban J connectivity index is 2.99. The monoisotopic (exact) mass is 275 g/mol. The first kappa shape index (κ1) is 13.1. The first-order chi connectivity index (χ1) is 7.22. The summed E-state index contributed by atoms with van der Waals surface area (Å²) in [6.45, 7) is -0.356. The smallest absolute Gasteiger partial charge is 0.277 e. The van der Waals surface area contributed by atoms with E-state index in [4.69, 9.17) is 10.7 Å². The van der Waals surface area contributed by atoms with E-state index in [-0.39, 0.29) is 6.54 Å². The maximum Gasteiger partial charge on any atom is 0.345 e. The van der Waals surface area contributed by atoms with E-state index in [1.807, 2.05) is 0 Å². The molecule has 0 atom stereocenters. The molecule has 1 heterocycles. The van der Waals surface area contributed by atoms with Crippen LogP contribution in [-0.2, 0) is 22.6 Å².